The van der Waals surface area contributed by atoms with Crippen LogP contribution in [0.5, 0.6) is 5.75 Å². The lowest BCUT2D eigenvalue weighted by atomic mass is 9.50. The average molecular weight is 339 g/mol. The van der Waals surface area contributed by atoms with Crippen molar-refractivity contribution in [1.82, 2.24) is 0 Å². The number of carbonyl (C=O) groups excluding carboxylic acids is 1. The van der Waals surface area contributed by atoms with E-state index in [0.29, 0.717) is 17.6 Å². The van der Waals surface area contributed by atoms with Crippen LogP contribution in [0.2, 0.25) is 0 Å². The van der Waals surface area contributed by atoms with E-state index >= 15 is 0 Å². The van der Waals surface area contributed by atoms with Crippen LogP contribution in [-0.2, 0) is 16.6 Å². The first-order valence-corrected chi connectivity index (χ1v) is 9.48. The van der Waals surface area contributed by atoms with E-state index < -0.39 is 0 Å². The minimum Gasteiger partial charge on any atom is -0.426 e. The molecule has 0 saturated heterocycles. The second kappa shape index (κ2) is 6.16. The molecule has 1 fully saturated rings. The van der Waals surface area contributed by atoms with Gasteiger partial charge in [-0.1, -0.05) is 33.3 Å². The molecule has 1 aromatic rings. The highest BCUT2D eigenvalue weighted by molar-refractivity contribution is 5.70. The van der Waals surface area contributed by atoms with E-state index in [9.17, 15) is 10.1 Å². The summed E-state index contributed by atoms with van der Waals surface area (Å²) >= 11 is 0. The number of hydrogen-bond acceptors (Lipinski definition) is 3. The summed E-state index contributed by atoms with van der Waals surface area (Å²) in [5.41, 5.74) is 3.50. The highest BCUT2D eigenvalue weighted by Gasteiger charge is 2.52. The fourth-order valence-electron chi connectivity index (χ4n) is 5.34. The fraction of sp³-hybridized carbons (Fsp3) is 0.636. The molecule has 25 heavy (non-hydrogen) atoms. The predicted molar refractivity (Wildman–Crippen MR) is 98.6 cm³/mol. The van der Waals surface area contributed by atoms with Gasteiger partial charge in [0.05, 0.1) is 11.5 Å². The van der Waals surface area contributed by atoms with Crippen molar-refractivity contribution >= 4 is 5.97 Å². The van der Waals surface area contributed by atoms with Crippen LogP contribution in [0, 0.1) is 22.7 Å². The topological polar surface area (TPSA) is 50.1 Å². The molecule has 0 N–H and O–H groups in total. The molecular weight excluding hydrogens is 310 g/mol. The van der Waals surface area contributed by atoms with Crippen LogP contribution in [0.4, 0.5) is 0 Å². The van der Waals surface area contributed by atoms with Crippen LogP contribution >= 0.6 is 0 Å². The Bertz CT molecular complexity index is 745. The monoisotopic (exact) mass is 339 g/mol. The highest BCUT2D eigenvalue weighted by Crippen LogP contribution is 2.57. The van der Waals surface area contributed by atoms with Gasteiger partial charge in [0, 0.05) is 6.92 Å². The standard InChI is InChI=1S/C22H29NO2/c1-14(2)17-11-16-7-8-20-21(4,13-23)9-6-10-22(20,5)18(16)12-19(17)25-15(3)24/h11-12,14,20H,6-10H2,1-5H3. The first-order chi connectivity index (χ1) is 11.7. The third kappa shape index (κ3) is 2.86. The number of esters is 1. The third-order valence-electron chi connectivity index (χ3n) is 6.61. The molecule has 3 rings (SSSR count). The van der Waals surface area contributed by atoms with Gasteiger partial charge in [-0.2, -0.15) is 5.26 Å². The van der Waals surface area contributed by atoms with E-state index in [0.717, 1.165) is 37.7 Å². The number of nitriles is 1. The zero-order chi connectivity index (χ0) is 18.4. The Hall–Kier alpha value is -1.82. The molecule has 0 radical (unpaired) electrons. The molecule has 3 atom stereocenters. The third-order valence-corrected chi connectivity index (χ3v) is 6.61. The number of aryl methyl sites for hydroxylation is 1. The lowest BCUT2D eigenvalue weighted by Gasteiger charge is -2.53. The highest BCUT2D eigenvalue weighted by atomic mass is 16.5. The molecular formula is C22H29NO2. The van der Waals surface area contributed by atoms with E-state index in [1.165, 1.54) is 18.1 Å². The summed E-state index contributed by atoms with van der Waals surface area (Å²) < 4.78 is 5.57. The van der Waals surface area contributed by atoms with Crippen molar-refractivity contribution in [2.24, 2.45) is 11.3 Å². The van der Waals surface area contributed by atoms with Crippen LogP contribution in [0.1, 0.15) is 82.9 Å². The Kier molecular flexibility index (Phi) is 4.43. The number of fused-ring (bicyclic) bond motifs is 3. The van der Waals surface area contributed by atoms with E-state index in [2.05, 4.69) is 45.9 Å². The van der Waals surface area contributed by atoms with Crippen molar-refractivity contribution in [3.63, 3.8) is 0 Å². The number of nitrogens with zero attached hydrogens (tertiary/aromatic N) is 1. The van der Waals surface area contributed by atoms with Gasteiger partial charge in [-0.3, -0.25) is 4.79 Å². The van der Waals surface area contributed by atoms with Gasteiger partial charge in [-0.25, -0.2) is 0 Å². The number of hydrogen-bond donors (Lipinski definition) is 0. The predicted octanol–water partition coefficient (Wildman–Crippen LogP) is 5.27. The normalized spacial score (nSPS) is 31.0. The Balaban J connectivity index is 2.15. The first-order valence-electron chi connectivity index (χ1n) is 9.48. The number of ether oxygens (including phenoxy) is 1. The van der Waals surface area contributed by atoms with E-state index in [-0.39, 0.29) is 16.8 Å². The molecule has 2 aliphatic rings. The molecule has 0 spiro atoms. The molecule has 0 aliphatic heterocycles. The van der Waals surface area contributed by atoms with Crippen molar-refractivity contribution < 1.29 is 9.53 Å². The maximum atomic E-state index is 11.6. The van der Waals surface area contributed by atoms with Gasteiger partial charge in [0.1, 0.15) is 5.75 Å². The average Bonchev–Trinajstić information content (AvgIpc) is 2.54. The molecule has 1 aromatic carbocycles. The molecule has 3 nitrogen and oxygen atoms in total. The van der Waals surface area contributed by atoms with Gasteiger partial charge in [0.15, 0.2) is 0 Å². The summed E-state index contributed by atoms with van der Waals surface area (Å²) in [5.74, 6) is 1.10. The molecule has 134 valence electrons. The SMILES string of the molecule is CC(=O)Oc1cc2c(cc1C(C)C)CCC1C(C)(C#N)CCCC21C. The van der Waals surface area contributed by atoms with Crippen molar-refractivity contribution in [3.8, 4) is 11.8 Å². The summed E-state index contributed by atoms with van der Waals surface area (Å²) in [5, 5.41) is 9.82. The van der Waals surface area contributed by atoms with Gasteiger partial charge < -0.3 is 4.74 Å². The number of rotatable bonds is 2. The lowest BCUT2D eigenvalue weighted by molar-refractivity contribution is -0.131. The molecule has 3 unspecified atom stereocenters. The largest absolute Gasteiger partial charge is 0.426 e. The Labute approximate surface area is 151 Å². The quantitative estimate of drug-likeness (QED) is 0.545. The lowest BCUT2D eigenvalue weighted by Crippen LogP contribution is -2.48. The Morgan fingerprint density at radius 3 is 2.64 bits per heavy atom. The van der Waals surface area contributed by atoms with Crippen molar-refractivity contribution in [1.29, 1.82) is 5.26 Å². The molecule has 1 saturated carbocycles. The van der Waals surface area contributed by atoms with Gasteiger partial charge >= 0.3 is 5.97 Å². The number of carbonyl (C=O) groups is 1. The number of benzene rings is 1. The molecule has 2 aliphatic carbocycles. The fourth-order valence-corrected chi connectivity index (χ4v) is 5.34. The van der Waals surface area contributed by atoms with Crippen molar-refractivity contribution in [3.05, 3.63) is 28.8 Å². The van der Waals surface area contributed by atoms with E-state index in [1.54, 1.807) is 0 Å². The van der Waals surface area contributed by atoms with Crippen LogP contribution in [0.15, 0.2) is 12.1 Å². The second-order valence-electron chi connectivity index (χ2n) is 8.69. The van der Waals surface area contributed by atoms with E-state index in [1.807, 2.05) is 0 Å². The Morgan fingerprint density at radius 2 is 2.04 bits per heavy atom. The molecule has 0 heterocycles. The van der Waals surface area contributed by atoms with Gasteiger partial charge in [0.2, 0.25) is 0 Å². The summed E-state index contributed by atoms with van der Waals surface area (Å²) in [4.78, 5) is 11.6. The van der Waals surface area contributed by atoms with Gasteiger partial charge in [0.25, 0.3) is 0 Å². The summed E-state index contributed by atoms with van der Waals surface area (Å²) in [6.07, 6.45) is 5.23. The smallest absolute Gasteiger partial charge is 0.308 e. The van der Waals surface area contributed by atoms with Crippen molar-refractivity contribution in [2.75, 3.05) is 0 Å². The van der Waals surface area contributed by atoms with Crippen LogP contribution in [0.25, 0.3) is 0 Å². The molecule has 3 heteroatoms. The van der Waals surface area contributed by atoms with Crippen LogP contribution < -0.4 is 4.74 Å². The summed E-state index contributed by atoms with van der Waals surface area (Å²) in [6, 6.07) is 6.99. The van der Waals surface area contributed by atoms with Crippen LogP contribution in [-0.4, -0.2) is 5.97 Å². The Morgan fingerprint density at radius 1 is 1.32 bits per heavy atom. The van der Waals surface area contributed by atoms with E-state index in [4.69, 9.17) is 4.74 Å². The zero-order valence-electron chi connectivity index (χ0n) is 16.1. The summed E-state index contributed by atoms with van der Waals surface area (Å²) in [7, 11) is 0. The summed E-state index contributed by atoms with van der Waals surface area (Å²) in [6.45, 7) is 10.2. The molecule has 0 amide bonds. The molecule has 0 bridgehead atoms. The first kappa shape index (κ1) is 18.0. The van der Waals surface area contributed by atoms with Crippen LogP contribution in [0.3, 0.4) is 0 Å². The van der Waals surface area contributed by atoms with Gasteiger partial charge in [-0.15, -0.1) is 0 Å². The second-order valence-corrected chi connectivity index (χ2v) is 8.69. The maximum Gasteiger partial charge on any atom is 0.308 e. The van der Waals surface area contributed by atoms with Crippen molar-refractivity contribution in [2.45, 2.75) is 78.1 Å². The minimum atomic E-state index is -0.273. The van der Waals surface area contributed by atoms with Gasteiger partial charge in [-0.05, 0) is 72.6 Å². The maximum absolute atomic E-state index is 11.6. The minimum absolute atomic E-state index is 0.0132. The molecule has 0 aromatic heterocycles. The zero-order valence-corrected chi connectivity index (χ0v) is 16.1.